The molecule has 7 heteroatoms. The van der Waals surface area contributed by atoms with E-state index in [1.54, 1.807) is 25.2 Å². The molecule has 1 aromatic carbocycles. The van der Waals surface area contributed by atoms with Crippen LogP contribution in [-0.2, 0) is 21.5 Å². The Bertz CT molecular complexity index is 640. The number of hydrogen-bond acceptors (Lipinski definition) is 3. The van der Waals surface area contributed by atoms with Crippen LogP contribution in [-0.4, -0.2) is 31.7 Å². The summed E-state index contributed by atoms with van der Waals surface area (Å²) in [7, 11) is -1.85. The number of benzene rings is 1. The van der Waals surface area contributed by atoms with Gasteiger partial charge in [0.05, 0.1) is 0 Å². The average molecular weight is 339 g/mol. The zero-order chi connectivity index (χ0) is 16.9. The molecule has 0 bridgehead atoms. The molecule has 0 spiro atoms. The van der Waals surface area contributed by atoms with Crippen molar-refractivity contribution in [2.45, 2.75) is 51.6 Å². The maximum absolute atomic E-state index is 12.4. The molecule has 1 fully saturated rings. The van der Waals surface area contributed by atoms with Crippen molar-refractivity contribution in [3.8, 4) is 0 Å². The minimum absolute atomic E-state index is 0.0898. The molecule has 1 saturated carbocycles. The molecule has 2 N–H and O–H groups in total. The van der Waals surface area contributed by atoms with E-state index in [1.807, 2.05) is 6.07 Å². The molecule has 1 aliphatic carbocycles. The summed E-state index contributed by atoms with van der Waals surface area (Å²) >= 11 is 0. The zero-order valence-electron chi connectivity index (χ0n) is 13.7. The van der Waals surface area contributed by atoms with E-state index in [-0.39, 0.29) is 18.5 Å². The normalized spacial score (nSPS) is 16.5. The Morgan fingerprint density at radius 2 is 1.96 bits per heavy atom. The van der Waals surface area contributed by atoms with Crippen LogP contribution in [0.5, 0.6) is 0 Å². The molecule has 0 heterocycles. The van der Waals surface area contributed by atoms with E-state index in [0.29, 0.717) is 5.69 Å². The fraction of sp³-hybridized carbons (Fsp3) is 0.562. The Morgan fingerprint density at radius 1 is 1.26 bits per heavy atom. The smallest absolute Gasteiger partial charge is 0.279 e. The van der Waals surface area contributed by atoms with Crippen LogP contribution >= 0.6 is 0 Å². The summed E-state index contributed by atoms with van der Waals surface area (Å²) in [6, 6.07) is 7.25. The molecule has 6 nitrogen and oxygen atoms in total. The molecular formula is C16H25N3O3S. The van der Waals surface area contributed by atoms with Crippen LogP contribution in [0.25, 0.3) is 0 Å². The predicted molar refractivity (Wildman–Crippen MR) is 91.1 cm³/mol. The number of carbonyl (C=O) groups is 1. The largest absolute Gasteiger partial charge is 0.326 e. The summed E-state index contributed by atoms with van der Waals surface area (Å²) in [5.41, 5.74) is 1.46. The first-order valence-electron chi connectivity index (χ1n) is 7.97. The van der Waals surface area contributed by atoms with E-state index in [1.165, 1.54) is 17.6 Å². The van der Waals surface area contributed by atoms with Gasteiger partial charge in [0.25, 0.3) is 10.2 Å². The van der Waals surface area contributed by atoms with Crippen LogP contribution in [0.3, 0.4) is 0 Å². The molecule has 0 aromatic heterocycles. The Balaban J connectivity index is 1.97. The summed E-state index contributed by atoms with van der Waals surface area (Å²) in [4.78, 5) is 11.1. The van der Waals surface area contributed by atoms with Gasteiger partial charge in [0.15, 0.2) is 0 Å². The molecule has 0 atom stereocenters. The number of nitrogens with zero attached hydrogens (tertiary/aromatic N) is 1. The minimum atomic E-state index is -3.50. The SMILES string of the molecule is CC(=O)Nc1cccc(CNS(=O)(=O)N(C)C2CCCCC2)c1. The third kappa shape index (κ3) is 5.30. The number of hydrogen-bond donors (Lipinski definition) is 2. The molecule has 1 aliphatic rings. The fourth-order valence-corrected chi connectivity index (χ4v) is 4.04. The predicted octanol–water partition coefficient (Wildman–Crippen LogP) is 2.24. The molecule has 1 aromatic rings. The van der Waals surface area contributed by atoms with Gasteiger partial charge >= 0.3 is 0 Å². The van der Waals surface area contributed by atoms with Crippen molar-refractivity contribution in [1.82, 2.24) is 9.03 Å². The van der Waals surface area contributed by atoms with Gasteiger partial charge in [-0.15, -0.1) is 0 Å². The van der Waals surface area contributed by atoms with Crippen molar-refractivity contribution in [1.29, 1.82) is 0 Å². The van der Waals surface area contributed by atoms with E-state index in [0.717, 1.165) is 31.2 Å². The Kier molecular flexibility index (Phi) is 6.15. The van der Waals surface area contributed by atoms with E-state index in [9.17, 15) is 13.2 Å². The highest BCUT2D eigenvalue weighted by atomic mass is 32.2. The summed E-state index contributed by atoms with van der Waals surface area (Å²) in [5, 5.41) is 2.69. The third-order valence-corrected chi connectivity index (χ3v) is 5.74. The van der Waals surface area contributed by atoms with Gasteiger partial charge < -0.3 is 5.32 Å². The van der Waals surface area contributed by atoms with Crippen molar-refractivity contribution in [3.05, 3.63) is 29.8 Å². The summed E-state index contributed by atoms with van der Waals surface area (Å²) in [6.45, 7) is 1.64. The van der Waals surface area contributed by atoms with Crippen molar-refractivity contribution < 1.29 is 13.2 Å². The molecule has 23 heavy (non-hydrogen) atoms. The molecule has 1 amide bonds. The highest BCUT2D eigenvalue weighted by Crippen LogP contribution is 2.23. The Labute approximate surface area is 138 Å². The van der Waals surface area contributed by atoms with Crippen LogP contribution in [0.15, 0.2) is 24.3 Å². The van der Waals surface area contributed by atoms with E-state index < -0.39 is 10.2 Å². The average Bonchev–Trinajstić information content (AvgIpc) is 2.53. The van der Waals surface area contributed by atoms with Gasteiger partial charge in [0.2, 0.25) is 5.91 Å². The molecule has 128 valence electrons. The maximum Gasteiger partial charge on any atom is 0.279 e. The van der Waals surface area contributed by atoms with Crippen molar-refractivity contribution >= 4 is 21.8 Å². The second-order valence-corrected chi connectivity index (χ2v) is 7.83. The van der Waals surface area contributed by atoms with Crippen LogP contribution in [0.1, 0.15) is 44.6 Å². The monoisotopic (exact) mass is 339 g/mol. The lowest BCUT2D eigenvalue weighted by Gasteiger charge is -2.30. The van der Waals surface area contributed by atoms with Gasteiger partial charge in [-0.25, -0.2) is 0 Å². The molecule has 0 unspecified atom stereocenters. The second-order valence-electron chi connectivity index (χ2n) is 6.02. The van der Waals surface area contributed by atoms with Gasteiger partial charge in [0.1, 0.15) is 0 Å². The molecule has 2 rings (SSSR count). The fourth-order valence-electron chi connectivity index (χ4n) is 2.88. The topological polar surface area (TPSA) is 78.5 Å². The quantitative estimate of drug-likeness (QED) is 0.834. The van der Waals surface area contributed by atoms with E-state index in [2.05, 4.69) is 10.0 Å². The van der Waals surface area contributed by atoms with E-state index >= 15 is 0 Å². The summed E-state index contributed by atoms with van der Waals surface area (Å²) < 4.78 is 28.9. The number of nitrogens with one attached hydrogen (secondary N) is 2. The van der Waals surface area contributed by atoms with Crippen molar-refractivity contribution in [3.63, 3.8) is 0 Å². The summed E-state index contributed by atoms with van der Waals surface area (Å²) in [5.74, 6) is -0.153. The van der Waals surface area contributed by atoms with Gasteiger partial charge in [-0.05, 0) is 30.5 Å². The van der Waals surface area contributed by atoms with E-state index in [4.69, 9.17) is 0 Å². The number of amides is 1. The van der Waals surface area contributed by atoms with Gasteiger partial charge in [-0.2, -0.15) is 17.4 Å². The number of carbonyl (C=O) groups excluding carboxylic acids is 1. The Hall–Kier alpha value is -1.44. The molecule has 0 saturated heterocycles. The lowest BCUT2D eigenvalue weighted by molar-refractivity contribution is -0.114. The number of rotatable bonds is 6. The lowest BCUT2D eigenvalue weighted by atomic mass is 9.96. The van der Waals surface area contributed by atoms with Crippen molar-refractivity contribution in [2.75, 3.05) is 12.4 Å². The lowest BCUT2D eigenvalue weighted by Crippen LogP contribution is -2.44. The van der Waals surface area contributed by atoms with Crippen molar-refractivity contribution in [2.24, 2.45) is 0 Å². The molecule has 0 aliphatic heterocycles. The van der Waals surface area contributed by atoms with Crippen LogP contribution < -0.4 is 10.0 Å². The zero-order valence-corrected chi connectivity index (χ0v) is 14.5. The third-order valence-electron chi connectivity index (χ3n) is 4.17. The van der Waals surface area contributed by atoms with Crippen LogP contribution in [0.2, 0.25) is 0 Å². The van der Waals surface area contributed by atoms with Gasteiger partial charge in [0, 0.05) is 32.2 Å². The second kappa shape index (κ2) is 7.90. The highest BCUT2D eigenvalue weighted by molar-refractivity contribution is 7.87. The standard InChI is InChI=1S/C16H25N3O3S/c1-13(20)18-15-8-6-7-14(11-15)12-17-23(21,22)19(2)16-9-4-3-5-10-16/h6-8,11,16-17H,3-5,9-10,12H2,1-2H3,(H,18,20). The van der Waals surface area contributed by atoms with Gasteiger partial charge in [-0.3, -0.25) is 4.79 Å². The Morgan fingerprint density at radius 3 is 2.61 bits per heavy atom. The summed E-state index contributed by atoms with van der Waals surface area (Å²) in [6.07, 6.45) is 5.21. The van der Waals surface area contributed by atoms with Crippen LogP contribution in [0, 0.1) is 0 Å². The minimum Gasteiger partial charge on any atom is -0.326 e. The molecule has 0 radical (unpaired) electrons. The maximum atomic E-state index is 12.4. The van der Waals surface area contributed by atoms with Gasteiger partial charge in [-0.1, -0.05) is 31.4 Å². The first-order chi connectivity index (χ1) is 10.9. The first-order valence-corrected chi connectivity index (χ1v) is 9.41. The molecular weight excluding hydrogens is 314 g/mol. The first kappa shape index (κ1) is 17.9. The highest BCUT2D eigenvalue weighted by Gasteiger charge is 2.27. The van der Waals surface area contributed by atoms with Crippen LogP contribution in [0.4, 0.5) is 5.69 Å². The number of anilines is 1.